The Morgan fingerprint density at radius 1 is 0.557 bits per heavy atom. The number of amides is 10. The molecule has 2 aromatic carbocycles. The standard InChI is InChI=1S/C51H78N14O14/c1-6-27(4)41(64-46(74)33(18-20-37(53)68)60-43(71)32(52)13-10-22-57-51(55)56)48(76)65-42(28(5)66)49(77)61-34(19-21-38(54)69)45(73)63-40(26(2)3)47(75)62-35(23-30-14-16-31(67)17-15-30)44(72)58-25-39(70)59-36(50(78)79)24-29-11-8-7-9-12-29/h7-9,11-12,14-17,26-28,32-36,40-42,66-67H,6,10,13,18-25,52H2,1-5H3,(H2,53,68)(H2,54,69)(H,58,72)(H,59,70)(H,60,71)(H,61,77)(H,62,75)(H,63,73)(H,64,74)(H,65,76)(H,78,79)(H4,55,56,57)/t27-,28+,32-,33-,34-,35-,36-,40-,41-,42-/m0/s1. The highest BCUT2D eigenvalue weighted by Gasteiger charge is 2.37. The smallest absolute Gasteiger partial charge is 0.326 e. The summed E-state index contributed by atoms with van der Waals surface area (Å²) in [6, 6.07) is 2.40. The molecular weight excluding hydrogens is 1030 g/mol. The number of hydrogen-bond acceptors (Lipinski definition) is 15. The van der Waals surface area contributed by atoms with Crippen LogP contribution in [0, 0.1) is 11.8 Å². The van der Waals surface area contributed by atoms with Gasteiger partial charge in [-0.3, -0.25) is 52.9 Å². The molecule has 10 amide bonds. The Hall–Kier alpha value is -8.40. The van der Waals surface area contributed by atoms with Gasteiger partial charge in [0.15, 0.2) is 5.96 Å². The normalized spacial score (nSPS) is 14.8. The van der Waals surface area contributed by atoms with Gasteiger partial charge in [-0.1, -0.05) is 76.6 Å². The van der Waals surface area contributed by atoms with Crippen molar-refractivity contribution in [1.29, 1.82) is 0 Å². The second-order valence-corrected chi connectivity index (χ2v) is 19.3. The van der Waals surface area contributed by atoms with Crippen LogP contribution in [0.2, 0.25) is 0 Å². The number of guanidine groups is 1. The van der Waals surface area contributed by atoms with Gasteiger partial charge in [-0.2, -0.15) is 0 Å². The second kappa shape index (κ2) is 33.7. The molecular formula is C51H78N14O14. The molecule has 10 atom stereocenters. The topological polar surface area (TPSA) is 487 Å². The number of aliphatic carboxylic acids is 1. The summed E-state index contributed by atoms with van der Waals surface area (Å²) in [6.07, 6.45) is -2.83. The van der Waals surface area contributed by atoms with Crippen molar-refractivity contribution in [3.05, 3.63) is 65.7 Å². The van der Waals surface area contributed by atoms with E-state index in [9.17, 15) is 68.1 Å². The number of hydrogen-bond donors (Lipinski definition) is 16. The zero-order valence-corrected chi connectivity index (χ0v) is 45.0. The Labute approximate surface area is 457 Å². The number of phenols is 1. The summed E-state index contributed by atoms with van der Waals surface area (Å²) in [5.74, 6) is -12.2. The Bertz CT molecular complexity index is 2440. The van der Waals surface area contributed by atoms with Gasteiger partial charge in [-0.25, -0.2) is 4.79 Å². The molecule has 0 unspecified atom stereocenters. The van der Waals surface area contributed by atoms with E-state index in [0.29, 0.717) is 17.5 Å². The molecule has 0 aliphatic heterocycles. The Morgan fingerprint density at radius 3 is 1.54 bits per heavy atom. The van der Waals surface area contributed by atoms with Gasteiger partial charge in [-0.15, -0.1) is 0 Å². The molecule has 0 heterocycles. The van der Waals surface area contributed by atoms with Gasteiger partial charge in [0, 0.05) is 32.2 Å². The summed E-state index contributed by atoms with van der Waals surface area (Å²) in [4.78, 5) is 149. The summed E-state index contributed by atoms with van der Waals surface area (Å²) >= 11 is 0. The summed E-state index contributed by atoms with van der Waals surface area (Å²) < 4.78 is 0. The molecule has 0 saturated carbocycles. The van der Waals surface area contributed by atoms with Crippen molar-refractivity contribution in [2.24, 2.45) is 45.5 Å². The van der Waals surface area contributed by atoms with Crippen LogP contribution in [0.25, 0.3) is 0 Å². The van der Waals surface area contributed by atoms with Gasteiger partial charge < -0.3 is 86.5 Å². The number of nitrogens with two attached hydrogens (primary N) is 5. The number of aromatic hydroxyl groups is 1. The molecule has 0 aliphatic rings. The van der Waals surface area contributed by atoms with Crippen LogP contribution in [0.1, 0.15) is 90.7 Å². The fourth-order valence-corrected chi connectivity index (χ4v) is 7.62. The number of aliphatic hydroxyl groups excluding tert-OH is 1. The summed E-state index contributed by atoms with van der Waals surface area (Å²) in [7, 11) is 0. The number of benzene rings is 2. The molecule has 0 saturated heterocycles. The molecule has 0 spiro atoms. The monoisotopic (exact) mass is 1110 g/mol. The van der Waals surface area contributed by atoms with Crippen LogP contribution in [0.5, 0.6) is 5.75 Å². The van der Waals surface area contributed by atoms with Crippen LogP contribution in [0.15, 0.2) is 59.6 Å². The number of aliphatic imine (C=N–C) groups is 1. The van der Waals surface area contributed by atoms with Gasteiger partial charge >= 0.3 is 5.97 Å². The number of nitrogens with one attached hydrogen (secondary N) is 8. The van der Waals surface area contributed by atoms with Crippen LogP contribution < -0.4 is 71.2 Å². The highest BCUT2D eigenvalue weighted by Crippen LogP contribution is 2.15. The predicted octanol–water partition coefficient (Wildman–Crippen LogP) is -4.23. The van der Waals surface area contributed by atoms with E-state index in [1.165, 1.54) is 24.3 Å². The number of phenolic OH excluding ortho intramolecular Hbond substituents is 1. The number of nitrogens with zero attached hydrogens (tertiary/aromatic N) is 1. The zero-order chi connectivity index (χ0) is 59.5. The molecule has 28 heteroatoms. The second-order valence-electron chi connectivity index (χ2n) is 19.3. The molecule has 0 fully saturated rings. The number of carbonyl (C=O) groups excluding carboxylic acids is 10. The largest absolute Gasteiger partial charge is 0.508 e. The quantitative estimate of drug-likeness (QED) is 0.0177. The molecule has 0 aliphatic carbocycles. The average Bonchev–Trinajstić information content (AvgIpc) is 3.38. The minimum Gasteiger partial charge on any atom is -0.508 e. The number of carboxylic acid groups (broad SMARTS) is 1. The van der Waals surface area contributed by atoms with E-state index in [2.05, 4.69) is 47.5 Å². The van der Waals surface area contributed by atoms with E-state index in [1.807, 2.05) is 0 Å². The molecule has 0 aromatic heterocycles. The van der Waals surface area contributed by atoms with Gasteiger partial charge in [0.2, 0.25) is 59.1 Å². The van der Waals surface area contributed by atoms with Gasteiger partial charge in [-0.05, 0) is 67.7 Å². The Balaban J connectivity index is 2.34. The van der Waals surface area contributed by atoms with Crippen LogP contribution in [0.3, 0.4) is 0 Å². The molecule has 0 radical (unpaired) electrons. The van der Waals surface area contributed by atoms with Crippen molar-refractivity contribution in [3.63, 3.8) is 0 Å². The lowest BCUT2D eigenvalue weighted by Gasteiger charge is -2.30. The van der Waals surface area contributed by atoms with Gasteiger partial charge in [0.05, 0.1) is 18.7 Å². The molecule has 0 bridgehead atoms. The molecule has 2 rings (SSSR count). The van der Waals surface area contributed by atoms with Crippen molar-refractivity contribution in [2.45, 2.75) is 147 Å². The maximum atomic E-state index is 14.1. The summed E-state index contributed by atoms with van der Waals surface area (Å²) in [6.45, 7) is 6.98. The van der Waals surface area contributed by atoms with Crippen LogP contribution in [0.4, 0.5) is 0 Å². The first kappa shape index (κ1) is 66.7. The Kier molecular flexibility index (Phi) is 28.4. The molecule has 21 N–H and O–H groups in total. The van der Waals surface area contributed by atoms with E-state index in [0.717, 1.165) is 6.92 Å². The average molecular weight is 1110 g/mol. The number of carbonyl (C=O) groups is 11. The minimum absolute atomic E-state index is 0.0566. The van der Waals surface area contributed by atoms with E-state index in [1.54, 1.807) is 58.0 Å². The lowest BCUT2D eigenvalue weighted by Crippen LogP contribution is -2.63. The van der Waals surface area contributed by atoms with Crippen molar-refractivity contribution < 1.29 is 68.1 Å². The highest BCUT2D eigenvalue weighted by atomic mass is 16.4. The lowest BCUT2D eigenvalue weighted by atomic mass is 9.96. The van der Waals surface area contributed by atoms with Gasteiger partial charge in [0.1, 0.15) is 48.0 Å². The third-order valence-electron chi connectivity index (χ3n) is 12.4. The van der Waals surface area contributed by atoms with Crippen LogP contribution in [-0.4, -0.2) is 154 Å². The molecule has 2 aromatic rings. The van der Waals surface area contributed by atoms with Crippen LogP contribution >= 0.6 is 0 Å². The summed E-state index contributed by atoms with van der Waals surface area (Å²) in [5.41, 5.74) is 28.5. The third kappa shape index (κ3) is 24.6. The predicted molar refractivity (Wildman–Crippen MR) is 287 cm³/mol. The van der Waals surface area contributed by atoms with Gasteiger partial charge in [0.25, 0.3) is 0 Å². The lowest BCUT2D eigenvalue weighted by molar-refractivity contribution is -0.141. The molecule has 79 heavy (non-hydrogen) atoms. The van der Waals surface area contributed by atoms with Crippen molar-refractivity contribution in [2.75, 3.05) is 13.1 Å². The van der Waals surface area contributed by atoms with Crippen molar-refractivity contribution >= 4 is 71.0 Å². The fourth-order valence-electron chi connectivity index (χ4n) is 7.62. The third-order valence-corrected chi connectivity index (χ3v) is 12.4. The van der Waals surface area contributed by atoms with E-state index in [4.69, 9.17) is 28.7 Å². The van der Waals surface area contributed by atoms with Crippen LogP contribution in [-0.2, 0) is 65.6 Å². The van der Waals surface area contributed by atoms with E-state index in [-0.39, 0.29) is 56.8 Å². The molecule has 436 valence electrons. The number of primary amides is 2. The minimum atomic E-state index is -1.83. The first-order valence-electron chi connectivity index (χ1n) is 25.6. The Morgan fingerprint density at radius 2 is 1.04 bits per heavy atom. The highest BCUT2D eigenvalue weighted by molar-refractivity contribution is 5.98. The first-order valence-corrected chi connectivity index (χ1v) is 25.6. The fraction of sp³-hybridized carbons (Fsp3) is 0.529. The number of carboxylic acids is 1. The number of aliphatic hydroxyl groups is 1. The van der Waals surface area contributed by atoms with E-state index < -0.39 is 151 Å². The number of rotatable bonds is 35. The molecule has 28 nitrogen and oxygen atoms in total. The zero-order valence-electron chi connectivity index (χ0n) is 45.0. The SMILES string of the molecule is CC[C@H](C)[C@H](NC(=O)[C@H](CCC(N)=O)NC(=O)[C@@H](N)CCCN=C(N)N)C(=O)N[C@H](C(=O)N[C@@H](CCC(N)=O)C(=O)N[C@H](C(=O)N[C@@H](Cc1ccc(O)cc1)C(=O)NCC(=O)N[C@@H](Cc1ccccc1)C(=O)O)C(C)C)[C@@H](C)O. The van der Waals surface area contributed by atoms with Crippen molar-refractivity contribution in [1.82, 2.24) is 42.5 Å². The maximum absolute atomic E-state index is 14.1. The van der Waals surface area contributed by atoms with E-state index >= 15 is 0 Å². The summed E-state index contributed by atoms with van der Waals surface area (Å²) in [5, 5.41) is 50.1. The first-order chi connectivity index (χ1) is 37.1. The maximum Gasteiger partial charge on any atom is 0.326 e. The van der Waals surface area contributed by atoms with Crippen molar-refractivity contribution in [3.8, 4) is 5.75 Å².